The fourth-order valence-corrected chi connectivity index (χ4v) is 13.8. The van der Waals surface area contributed by atoms with Crippen LogP contribution < -0.4 is 24.6 Å². The van der Waals surface area contributed by atoms with E-state index in [9.17, 15) is 44.4 Å². The maximum absolute atomic E-state index is 12.7. The van der Waals surface area contributed by atoms with Gasteiger partial charge in [0.25, 0.3) is 17.7 Å². The fraction of sp³-hybridized carbons (Fsp3) is 0.355. The molecular formula is C62H72N6O11S3. The molecule has 3 aliphatic carbocycles. The molecule has 3 N–H and O–H groups in total. The molecule has 82 heavy (non-hydrogen) atoms. The first-order chi connectivity index (χ1) is 38.6. The molecule has 1 saturated heterocycles. The van der Waals surface area contributed by atoms with E-state index in [4.69, 9.17) is 4.74 Å². The van der Waals surface area contributed by atoms with Crippen LogP contribution in [0.5, 0.6) is 0 Å². The Balaban J connectivity index is 0.000000162. The number of hydrogen-bond donors (Lipinski definition) is 3. The Kier molecular flexibility index (Phi) is 18.5. The van der Waals surface area contributed by atoms with Gasteiger partial charge in [0.15, 0.2) is 9.84 Å². The van der Waals surface area contributed by atoms with Crippen LogP contribution in [0.4, 0.5) is 11.4 Å². The molecule has 20 heteroatoms. The molecule has 4 aliphatic rings. The van der Waals surface area contributed by atoms with Crippen molar-refractivity contribution in [1.29, 1.82) is 0 Å². The number of anilines is 2. The van der Waals surface area contributed by atoms with Crippen molar-refractivity contribution in [3.05, 3.63) is 194 Å². The summed E-state index contributed by atoms with van der Waals surface area (Å²) in [5.41, 5.74) is 14.0. The van der Waals surface area contributed by atoms with Gasteiger partial charge in [-0.25, -0.2) is 25.3 Å². The molecule has 17 nitrogen and oxygen atoms in total. The Bertz CT molecular complexity index is 3750. The number of carbonyl (C=O) groups excluding carboxylic acids is 4. The zero-order valence-corrected chi connectivity index (χ0v) is 50.2. The van der Waals surface area contributed by atoms with Gasteiger partial charge in [0.1, 0.15) is 6.54 Å². The molecule has 0 unspecified atom stereocenters. The van der Waals surface area contributed by atoms with Crippen molar-refractivity contribution in [2.24, 2.45) is 0 Å². The lowest BCUT2D eigenvalue weighted by Gasteiger charge is -2.37. The number of sulfone groups is 1. The molecule has 0 spiro atoms. The van der Waals surface area contributed by atoms with Gasteiger partial charge in [0.2, 0.25) is 26.0 Å². The highest BCUT2D eigenvalue weighted by molar-refractivity contribution is 7.92. The Hall–Kier alpha value is -7.39. The van der Waals surface area contributed by atoms with Crippen LogP contribution in [0, 0.1) is 27.7 Å². The Morgan fingerprint density at radius 1 is 0.500 bits per heavy atom. The molecule has 10 rings (SSSR count). The number of ether oxygens (including phenoxy) is 1. The first-order valence-electron chi connectivity index (χ1n) is 27.1. The van der Waals surface area contributed by atoms with Crippen LogP contribution in [0.2, 0.25) is 0 Å². The molecule has 1 heterocycles. The van der Waals surface area contributed by atoms with Gasteiger partial charge in [-0.15, -0.1) is 0 Å². The Labute approximate surface area is 482 Å². The largest absolute Gasteiger partial charge is 0.377 e. The van der Waals surface area contributed by atoms with Crippen molar-refractivity contribution >= 4 is 64.9 Å². The topological polar surface area (TPSA) is 226 Å². The third kappa shape index (κ3) is 14.6. The number of nitrogens with zero attached hydrogens (tertiary/aromatic N) is 3. The third-order valence-corrected chi connectivity index (χ3v) is 18.8. The van der Waals surface area contributed by atoms with Gasteiger partial charge in [0.05, 0.1) is 66.2 Å². The first kappa shape index (κ1) is 60.7. The predicted molar refractivity (Wildman–Crippen MR) is 319 cm³/mol. The number of sulfonamides is 2. The summed E-state index contributed by atoms with van der Waals surface area (Å²) >= 11 is 0. The van der Waals surface area contributed by atoms with Crippen LogP contribution in [0.15, 0.2) is 126 Å². The van der Waals surface area contributed by atoms with Crippen molar-refractivity contribution in [2.45, 2.75) is 95.3 Å². The molecule has 4 amide bonds. The van der Waals surface area contributed by atoms with Gasteiger partial charge in [-0.05, 0) is 172 Å². The second-order valence-corrected chi connectivity index (χ2v) is 27.7. The van der Waals surface area contributed by atoms with Crippen molar-refractivity contribution in [2.75, 3.05) is 61.2 Å². The first-order valence-corrected chi connectivity index (χ1v) is 32.7. The molecular weight excluding hydrogens is 1100 g/mol. The summed E-state index contributed by atoms with van der Waals surface area (Å²) in [6.45, 7) is 8.38. The minimum absolute atomic E-state index is 0.0161. The molecule has 0 saturated carbocycles. The molecule has 0 aromatic heterocycles. The summed E-state index contributed by atoms with van der Waals surface area (Å²) in [5, 5.41) is 9.24. The maximum atomic E-state index is 12.7. The van der Waals surface area contributed by atoms with E-state index < -0.39 is 29.9 Å². The highest BCUT2D eigenvalue weighted by Gasteiger charge is 2.33. The van der Waals surface area contributed by atoms with Gasteiger partial charge in [-0.1, -0.05) is 71.3 Å². The summed E-state index contributed by atoms with van der Waals surface area (Å²) in [5.74, 6) is -0.868. The van der Waals surface area contributed by atoms with E-state index in [1.54, 1.807) is 81.7 Å². The van der Waals surface area contributed by atoms with Crippen LogP contribution >= 0.6 is 0 Å². The summed E-state index contributed by atoms with van der Waals surface area (Å²) in [6, 6.07) is 36.4. The molecule has 3 atom stereocenters. The lowest BCUT2D eigenvalue weighted by molar-refractivity contribution is -0.127. The molecule has 1 aliphatic heterocycles. The number of rotatable bonds is 14. The van der Waals surface area contributed by atoms with E-state index in [2.05, 4.69) is 85.3 Å². The zero-order chi connectivity index (χ0) is 59.4. The third-order valence-electron chi connectivity index (χ3n) is 15.2. The van der Waals surface area contributed by atoms with Crippen LogP contribution in [0.3, 0.4) is 0 Å². The summed E-state index contributed by atoms with van der Waals surface area (Å²) < 4.78 is 79.5. The van der Waals surface area contributed by atoms with Crippen molar-refractivity contribution < 1.29 is 49.2 Å². The molecule has 434 valence electrons. The van der Waals surface area contributed by atoms with Crippen molar-refractivity contribution in [1.82, 2.24) is 20.9 Å². The lowest BCUT2D eigenvalue weighted by atomic mass is 10.0. The van der Waals surface area contributed by atoms with Gasteiger partial charge in [0, 0.05) is 37.0 Å². The van der Waals surface area contributed by atoms with E-state index >= 15 is 0 Å². The number of likely N-dealkylation sites (N-methyl/N-ethyl adjacent to an activating group) is 1. The maximum Gasteiger partial charge on any atom is 0.251 e. The number of hydrogen-bond acceptors (Lipinski definition) is 11. The molecule has 6 aromatic carbocycles. The SMILES string of the molecule is Cc1ccc2c(c1)CC[C@H]2NC(=O)c1ccc(N(C2COC2)S(C)(=O)=O)cc1.Cc1ccc2c(c1)CC[C@H]2NC(=O)c1ccc(N(CC(=O)N(C)C)S(C)(=O)=O)cc1.Cc1ccc2c(c1)CC[C@H]2NC(=O)c1ccc(S(C)(=O)=O)c(C)c1. The van der Waals surface area contributed by atoms with E-state index in [-0.39, 0.29) is 59.2 Å². The minimum Gasteiger partial charge on any atom is -0.377 e. The van der Waals surface area contributed by atoms with Gasteiger partial charge in [-0.3, -0.25) is 27.8 Å². The highest BCUT2D eigenvalue weighted by atomic mass is 32.2. The summed E-state index contributed by atoms with van der Waals surface area (Å²) in [6.07, 6.45) is 8.92. The molecule has 6 aromatic rings. The van der Waals surface area contributed by atoms with Crippen molar-refractivity contribution in [3.63, 3.8) is 0 Å². The van der Waals surface area contributed by atoms with Gasteiger partial charge in [-0.2, -0.15) is 0 Å². The van der Waals surface area contributed by atoms with Crippen LogP contribution in [-0.2, 0) is 58.7 Å². The summed E-state index contributed by atoms with van der Waals surface area (Å²) in [4.78, 5) is 51.6. The van der Waals surface area contributed by atoms with Gasteiger partial charge >= 0.3 is 0 Å². The standard InChI is InChI=1S/C22H27N3O4S.C21H24N2O4S.C19H21NO3S/c1-15-5-11-19-17(13-15)8-12-20(19)23-22(27)16-6-9-18(10-7-16)25(30(4,28)29)14-21(26)24(2)3;1-14-3-9-19-16(11-14)6-10-20(19)22-21(24)15-4-7-17(8-5-15)23(28(2,25)26)18-12-27-13-18;1-12-4-7-16-14(10-12)5-8-17(16)20-19(21)15-6-9-18(13(2)11-15)24(3,22)23/h5-7,9-11,13,20H,8,12,14H2,1-4H3,(H,23,27);3-5,7-9,11,18,20H,6,10,12-13H2,1-2H3,(H,22,24);4,6-7,9-11,17H,5,8H2,1-3H3,(H,20,21)/t2*20-;17-/m111/s1. The molecule has 0 radical (unpaired) electrons. The predicted octanol–water partition coefficient (Wildman–Crippen LogP) is 7.97. The summed E-state index contributed by atoms with van der Waals surface area (Å²) in [7, 11) is -7.20. The number of aryl methyl sites for hydroxylation is 7. The van der Waals surface area contributed by atoms with Crippen LogP contribution in [-0.4, -0.2) is 112 Å². The van der Waals surface area contributed by atoms with E-state index in [1.165, 1.54) is 72.3 Å². The quantitative estimate of drug-likeness (QED) is 0.0948. The molecule has 0 bridgehead atoms. The van der Waals surface area contributed by atoms with Gasteiger partial charge < -0.3 is 25.6 Å². The number of fused-ring (bicyclic) bond motifs is 3. The molecule has 1 fully saturated rings. The van der Waals surface area contributed by atoms with Crippen LogP contribution in [0.1, 0.15) is 124 Å². The van der Waals surface area contributed by atoms with Crippen molar-refractivity contribution in [3.8, 4) is 0 Å². The fourth-order valence-electron chi connectivity index (χ4n) is 10.9. The second kappa shape index (κ2) is 25.0. The Morgan fingerprint density at radius 2 is 0.890 bits per heavy atom. The number of amides is 4. The Morgan fingerprint density at radius 3 is 1.23 bits per heavy atom. The lowest BCUT2D eigenvalue weighted by Crippen LogP contribution is -2.51. The number of benzene rings is 6. The smallest absolute Gasteiger partial charge is 0.251 e. The zero-order valence-electron chi connectivity index (χ0n) is 47.8. The van der Waals surface area contributed by atoms with E-state index in [0.29, 0.717) is 46.8 Å². The number of nitrogens with one attached hydrogen (secondary N) is 3. The minimum atomic E-state index is -3.65. The number of carbonyl (C=O) groups is 4. The van der Waals surface area contributed by atoms with E-state index in [0.717, 1.165) is 54.6 Å². The van der Waals surface area contributed by atoms with E-state index in [1.807, 2.05) is 6.07 Å². The average Bonchev–Trinajstić information content (AvgIpc) is 4.14. The van der Waals surface area contributed by atoms with Crippen LogP contribution in [0.25, 0.3) is 0 Å². The monoisotopic (exact) mass is 1170 g/mol. The second-order valence-electron chi connectivity index (χ2n) is 22.0. The highest BCUT2D eigenvalue weighted by Crippen LogP contribution is 2.35. The normalized spacial score (nSPS) is 17.0. The average molecular weight is 1170 g/mol.